The molecule has 4 atom stereocenters. The van der Waals surface area contributed by atoms with Crippen molar-refractivity contribution in [2.45, 2.75) is 25.3 Å². The lowest BCUT2D eigenvalue weighted by atomic mass is 9.67. The molecule has 0 aromatic heterocycles. The maximum Gasteiger partial charge on any atom is 0.262 e. The lowest BCUT2D eigenvalue weighted by molar-refractivity contribution is -0.136. The maximum atomic E-state index is 12.9. The molecule has 3 fully saturated rings. The molecule has 3 aliphatic heterocycles. The summed E-state index contributed by atoms with van der Waals surface area (Å²) in [5.41, 5.74) is 7.41. The first kappa shape index (κ1) is 17.4. The summed E-state index contributed by atoms with van der Waals surface area (Å²) in [7, 11) is 0. The van der Waals surface area contributed by atoms with Crippen LogP contribution in [0.2, 0.25) is 0 Å². The van der Waals surface area contributed by atoms with Crippen molar-refractivity contribution in [3.63, 3.8) is 0 Å². The Morgan fingerprint density at radius 2 is 1.86 bits per heavy atom. The summed E-state index contributed by atoms with van der Waals surface area (Å²) < 4.78 is 0. The van der Waals surface area contributed by atoms with E-state index in [-0.39, 0.29) is 18.7 Å². The number of piperidine rings is 1. The summed E-state index contributed by atoms with van der Waals surface area (Å²) in [6, 6.07) is 4.39. The van der Waals surface area contributed by atoms with E-state index in [2.05, 4.69) is 10.2 Å². The van der Waals surface area contributed by atoms with Gasteiger partial charge in [-0.05, 0) is 55.3 Å². The number of nitrogens with zero attached hydrogens (tertiary/aromatic N) is 2. The van der Waals surface area contributed by atoms with E-state index in [0.717, 1.165) is 30.1 Å². The Morgan fingerprint density at radius 1 is 1.07 bits per heavy atom. The zero-order valence-electron chi connectivity index (χ0n) is 15.4. The molecule has 0 bridgehead atoms. The summed E-state index contributed by atoms with van der Waals surface area (Å²) in [5.74, 6) is -0.0519. The molecule has 1 aromatic carbocycles. The zero-order valence-corrected chi connectivity index (χ0v) is 15.4. The number of nitrogens with two attached hydrogens (primary N) is 1. The van der Waals surface area contributed by atoms with Gasteiger partial charge in [0.05, 0.1) is 11.1 Å². The number of nitrogens with one attached hydrogen (secondary N) is 1. The molecule has 0 radical (unpaired) electrons. The number of carbonyl (C=O) groups excluding carboxylic acids is 4. The summed E-state index contributed by atoms with van der Waals surface area (Å²) in [4.78, 5) is 52.5. The van der Waals surface area contributed by atoms with E-state index in [1.807, 2.05) is 6.07 Å². The largest absolute Gasteiger partial charge is 0.371 e. The van der Waals surface area contributed by atoms with Crippen LogP contribution in [-0.2, 0) is 9.59 Å². The molecule has 146 valence electrons. The average molecular weight is 382 g/mol. The SMILES string of the molecule is NCC1CC2CN(c3ccc4c(c3)C(=O)N(C3CCC(=O)NC3=O)C4=O)CC12. The minimum Gasteiger partial charge on any atom is -0.371 e. The van der Waals surface area contributed by atoms with Crippen LogP contribution in [0.4, 0.5) is 5.69 Å². The normalized spacial score (nSPS) is 31.6. The Morgan fingerprint density at radius 3 is 2.61 bits per heavy atom. The highest BCUT2D eigenvalue weighted by Crippen LogP contribution is 2.46. The Labute approximate surface area is 162 Å². The molecule has 0 spiro atoms. The lowest BCUT2D eigenvalue weighted by Gasteiger charge is -2.38. The second-order valence-electron chi connectivity index (χ2n) is 8.24. The van der Waals surface area contributed by atoms with Crippen molar-refractivity contribution in [3.05, 3.63) is 29.3 Å². The Hall–Kier alpha value is -2.74. The van der Waals surface area contributed by atoms with Gasteiger partial charge in [0.15, 0.2) is 0 Å². The number of hydrogen-bond donors (Lipinski definition) is 2. The third-order valence-electron chi connectivity index (χ3n) is 6.79. The van der Waals surface area contributed by atoms with E-state index in [0.29, 0.717) is 35.4 Å². The standard InChI is InChI=1S/C20H22N4O4/c21-7-10-5-11-8-23(9-15(10)11)12-1-2-13-14(6-12)20(28)24(19(13)27)16-3-4-17(25)22-18(16)26/h1-2,6,10-11,15-16H,3-5,7-9,21H2,(H,22,25,26). The van der Waals surface area contributed by atoms with E-state index in [4.69, 9.17) is 5.73 Å². The number of rotatable bonds is 3. The average Bonchev–Trinajstić information content (AvgIpc) is 3.12. The smallest absolute Gasteiger partial charge is 0.262 e. The highest BCUT2D eigenvalue weighted by atomic mass is 16.2. The van der Waals surface area contributed by atoms with E-state index < -0.39 is 23.8 Å². The predicted molar refractivity (Wildman–Crippen MR) is 99.5 cm³/mol. The minimum atomic E-state index is -0.929. The third-order valence-corrected chi connectivity index (χ3v) is 6.79. The molecule has 2 saturated heterocycles. The Kier molecular flexibility index (Phi) is 3.80. The van der Waals surface area contributed by atoms with Gasteiger partial charge in [-0.15, -0.1) is 0 Å². The molecule has 1 aromatic rings. The van der Waals surface area contributed by atoms with Gasteiger partial charge >= 0.3 is 0 Å². The van der Waals surface area contributed by atoms with Gasteiger partial charge in [0, 0.05) is 25.2 Å². The molecule has 5 rings (SSSR count). The van der Waals surface area contributed by atoms with Crippen LogP contribution in [0.5, 0.6) is 0 Å². The molecular formula is C20H22N4O4. The second kappa shape index (κ2) is 6.13. The van der Waals surface area contributed by atoms with Crippen molar-refractivity contribution in [2.24, 2.45) is 23.5 Å². The van der Waals surface area contributed by atoms with Crippen LogP contribution in [-0.4, -0.2) is 54.2 Å². The molecule has 3 heterocycles. The van der Waals surface area contributed by atoms with Crippen LogP contribution in [0.1, 0.15) is 40.0 Å². The van der Waals surface area contributed by atoms with Crippen LogP contribution in [0.3, 0.4) is 0 Å². The maximum absolute atomic E-state index is 12.9. The number of imide groups is 2. The van der Waals surface area contributed by atoms with Crippen LogP contribution in [0.15, 0.2) is 18.2 Å². The van der Waals surface area contributed by atoms with Crippen molar-refractivity contribution >= 4 is 29.3 Å². The van der Waals surface area contributed by atoms with Crippen molar-refractivity contribution in [3.8, 4) is 0 Å². The van der Waals surface area contributed by atoms with E-state index in [1.54, 1.807) is 12.1 Å². The number of anilines is 1. The summed E-state index contributed by atoms with van der Waals surface area (Å²) in [6.07, 6.45) is 1.44. The van der Waals surface area contributed by atoms with Gasteiger partial charge in [-0.3, -0.25) is 29.4 Å². The van der Waals surface area contributed by atoms with E-state index >= 15 is 0 Å². The fourth-order valence-electron chi connectivity index (χ4n) is 5.19. The van der Waals surface area contributed by atoms with Crippen molar-refractivity contribution in [1.82, 2.24) is 10.2 Å². The van der Waals surface area contributed by atoms with Crippen molar-refractivity contribution < 1.29 is 19.2 Å². The number of carbonyl (C=O) groups is 4. The first-order valence-electron chi connectivity index (χ1n) is 9.78. The first-order chi connectivity index (χ1) is 13.5. The van der Waals surface area contributed by atoms with Crippen LogP contribution in [0.25, 0.3) is 0 Å². The molecular weight excluding hydrogens is 360 g/mol. The predicted octanol–water partition coefficient (Wildman–Crippen LogP) is 0.119. The first-order valence-corrected chi connectivity index (χ1v) is 9.78. The number of fused-ring (bicyclic) bond motifs is 2. The molecule has 4 aliphatic rings. The number of benzene rings is 1. The van der Waals surface area contributed by atoms with Gasteiger partial charge in [0.1, 0.15) is 6.04 Å². The highest BCUT2D eigenvalue weighted by molar-refractivity contribution is 6.23. The number of amides is 4. The lowest BCUT2D eigenvalue weighted by Crippen LogP contribution is -2.54. The van der Waals surface area contributed by atoms with Gasteiger partial charge in [-0.25, -0.2) is 0 Å². The fourth-order valence-corrected chi connectivity index (χ4v) is 5.19. The van der Waals surface area contributed by atoms with E-state index in [1.165, 1.54) is 0 Å². The van der Waals surface area contributed by atoms with Crippen molar-refractivity contribution in [1.29, 1.82) is 0 Å². The van der Waals surface area contributed by atoms with Crippen LogP contribution in [0, 0.1) is 17.8 Å². The van der Waals surface area contributed by atoms with Gasteiger partial charge in [0.2, 0.25) is 11.8 Å². The molecule has 28 heavy (non-hydrogen) atoms. The third kappa shape index (κ3) is 2.40. The minimum absolute atomic E-state index is 0.119. The van der Waals surface area contributed by atoms with Gasteiger partial charge < -0.3 is 10.6 Å². The molecule has 8 nitrogen and oxygen atoms in total. The topological polar surface area (TPSA) is 113 Å². The van der Waals surface area contributed by atoms with Gasteiger partial charge in [0.25, 0.3) is 11.8 Å². The molecule has 1 aliphatic carbocycles. The molecule has 3 N–H and O–H groups in total. The van der Waals surface area contributed by atoms with Crippen LogP contribution < -0.4 is 16.0 Å². The van der Waals surface area contributed by atoms with Crippen LogP contribution >= 0.6 is 0 Å². The second-order valence-corrected chi connectivity index (χ2v) is 8.24. The highest BCUT2D eigenvalue weighted by Gasteiger charge is 2.47. The monoisotopic (exact) mass is 382 g/mol. The number of hydrogen-bond acceptors (Lipinski definition) is 6. The molecule has 4 amide bonds. The summed E-state index contributed by atoms with van der Waals surface area (Å²) in [6.45, 7) is 2.58. The molecule has 8 heteroatoms. The van der Waals surface area contributed by atoms with Crippen molar-refractivity contribution in [2.75, 3.05) is 24.5 Å². The van der Waals surface area contributed by atoms with Gasteiger partial charge in [-0.2, -0.15) is 0 Å². The van der Waals surface area contributed by atoms with E-state index in [9.17, 15) is 19.2 Å². The quantitative estimate of drug-likeness (QED) is 0.718. The fraction of sp³-hybridized carbons (Fsp3) is 0.500. The molecule has 1 saturated carbocycles. The van der Waals surface area contributed by atoms with Gasteiger partial charge in [-0.1, -0.05) is 0 Å². The summed E-state index contributed by atoms with van der Waals surface area (Å²) in [5, 5.41) is 2.21. The molecule has 4 unspecified atom stereocenters. The Bertz CT molecular complexity index is 913. The summed E-state index contributed by atoms with van der Waals surface area (Å²) >= 11 is 0. The Balaban J connectivity index is 1.39. The zero-order chi connectivity index (χ0) is 19.6.